The van der Waals surface area contributed by atoms with Crippen LogP contribution in [0.15, 0.2) is 0 Å². The summed E-state index contributed by atoms with van der Waals surface area (Å²) in [6.45, 7) is 4.30. The van der Waals surface area contributed by atoms with Gasteiger partial charge in [0.05, 0.1) is 12.9 Å². The minimum atomic E-state index is -3.93. The van der Waals surface area contributed by atoms with Gasteiger partial charge in [0.15, 0.2) is 0 Å². The van der Waals surface area contributed by atoms with E-state index in [1.54, 1.807) is 0 Å². The summed E-state index contributed by atoms with van der Waals surface area (Å²) >= 11 is 0. The number of hydrogen-bond acceptors (Lipinski definition) is 5. The summed E-state index contributed by atoms with van der Waals surface area (Å²) in [5.41, 5.74) is 0. The van der Waals surface area contributed by atoms with Crippen molar-refractivity contribution in [3.63, 3.8) is 0 Å². The quantitative estimate of drug-likeness (QED) is 0.376. The molecule has 1 atom stereocenters. The zero-order chi connectivity index (χ0) is 13.5. The second-order valence-electron chi connectivity index (χ2n) is 4.30. The molecule has 0 saturated heterocycles. The number of methoxy groups -OCH3 is 1. The highest BCUT2D eigenvalue weighted by Crippen LogP contribution is 2.06. The fraction of sp³-hybridized carbons (Fsp3) is 0.900. The molecule has 0 spiro atoms. The fourth-order valence-corrected chi connectivity index (χ4v) is 1.92. The molecule has 2 N–H and O–H groups in total. The molecule has 1 unspecified atom stereocenters. The first-order chi connectivity index (χ1) is 7.76. The third-order valence-electron chi connectivity index (χ3n) is 2.16. The van der Waals surface area contributed by atoms with Crippen molar-refractivity contribution in [1.82, 2.24) is 5.32 Å². The summed E-state index contributed by atoms with van der Waals surface area (Å²) in [5.74, 6) is -0.339. The minimum absolute atomic E-state index is 0.254. The Morgan fingerprint density at radius 2 is 2.00 bits per heavy atom. The Kier molecular flexibility index (Phi) is 7.33. The molecule has 0 saturated carbocycles. The van der Waals surface area contributed by atoms with Crippen molar-refractivity contribution >= 4 is 16.1 Å². The molecule has 0 aliphatic rings. The molecule has 6 nitrogen and oxygen atoms in total. The van der Waals surface area contributed by atoms with E-state index < -0.39 is 16.2 Å². The van der Waals surface area contributed by atoms with Gasteiger partial charge in [0.2, 0.25) is 0 Å². The number of nitrogens with one attached hydrogen (secondary N) is 1. The number of carbonyl (C=O) groups excluding carboxylic acids is 1. The smallest absolute Gasteiger partial charge is 0.322 e. The molecule has 0 aliphatic carbocycles. The molecule has 7 heteroatoms. The molecule has 0 radical (unpaired) electrons. The summed E-state index contributed by atoms with van der Waals surface area (Å²) < 4.78 is 34.1. The van der Waals surface area contributed by atoms with Crippen molar-refractivity contribution in [2.75, 3.05) is 19.4 Å². The van der Waals surface area contributed by atoms with E-state index in [0.717, 1.165) is 0 Å². The third kappa shape index (κ3) is 9.08. The summed E-state index contributed by atoms with van der Waals surface area (Å²) in [6, 6.07) is -0.429. The summed E-state index contributed by atoms with van der Waals surface area (Å²) in [7, 11) is -2.61. The topological polar surface area (TPSA) is 92.7 Å². The summed E-state index contributed by atoms with van der Waals surface area (Å²) in [4.78, 5) is 11.4. The molecule has 0 bridgehead atoms. The highest BCUT2D eigenvalue weighted by Gasteiger charge is 2.19. The van der Waals surface area contributed by atoms with Gasteiger partial charge in [-0.25, -0.2) is 0 Å². The van der Waals surface area contributed by atoms with Gasteiger partial charge in [-0.2, -0.15) is 8.42 Å². The van der Waals surface area contributed by atoms with Crippen molar-refractivity contribution < 1.29 is 22.5 Å². The van der Waals surface area contributed by atoms with Crippen molar-refractivity contribution in [2.24, 2.45) is 5.92 Å². The fourth-order valence-electron chi connectivity index (χ4n) is 1.41. The molecule has 0 amide bonds. The van der Waals surface area contributed by atoms with Crippen LogP contribution in [0.1, 0.15) is 26.7 Å². The van der Waals surface area contributed by atoms with Crippen molar-refractivity contribution in [3.05, 3.63) is 0 Å². The number of hydrogen-bond donors (Lipinski definition) is 2. The zero-order valence-corrected chi connectivity index (χ0v) is 11.3. The summed E-state index contributed by atoms with van der Waals surface area (Å²) in [5, 5.41) is 2.92. The zero-order valence-electron chi connectivity index (χ0n) is 10.5. The number of ether oxygens (including phenoxy) is 1. The maximum Gasteiger partial charge on any atom is 0.322 e. The lowest BCUT2D eigenvalue weighted by Gasteiger charge is -2.18. The van der Waals surface area contributed by atoms with Gasteiger partial charge in [0.1, 0.15) is 6.04 Å². The predicted octanol–water partition coefficient (Wildman–Crippen LogP) is 0.442. The predicted molar refractivity (Wildman–Crippen MR) is 64.3 cm³/mol. The van der Waals surface area contributed by atoms with Gasteiger partial charge in [-0.15, -0.1) is 0 Å². The molecular weight excluding hydrogens is 246 g/mol. The van der Waals surface area contributed by atoms with Crippen molar-refractivity contribution in [2.45, 2.75) is 32.7 Å². The van der Waals surface area contributed by atoms with E-state index in [0.29, 0.717) is 18.9 Å². The van der Waals surface area contributed by atoms with Gasteiger partial charge >= 0.3 is 5.97 Å². The van der Waals surface area contributed by atoms with Crippen LogP contribution in [0, 0.1) is 5.92 Å². The van der Waals surface area contributed by atoms with E-state index >= 15 is 0 Å². The Hall–Kier alpha value is -0.660. The van der Waals surface area contributed by atoms with E-state index in [9.17, 15) is 13.2 Å². The lowest BCUT2D eigenvalue weighted by molar-refractivity contribution is -0.143. The van der Waals surface area contributed by atoms with Crippen LogP contribution in [0.4, 0.5) is 0 Å². The monoisotopic (exact) mass is 267 g/mol. The van der Waals surface area contributed by atoms with Gasteiger partial charge in [-0.1, -0.05) is 13.8 Å². The molecule has 0 aromatic rings. The Bertz CT molecular complexity index is 326. The molecular formula is C10H21NO5S. The average molecular weight is 267 g/mol. The van der Waals surface area contributed by atoms with E-state index in [1.807, 2.05) is 13.8 Å². The Balaban J connectivity index is 4.04. The molecule has 17 heavy (non-hydrogen) atoms. The highest BCUT2D eigenvalue weighted by molar-refractivity contribution is 7.85. The van der Waals surface area contributed by atoms with Crippen LogP contribution < -0.4 is 5.32 Å². The van der Waals surface area contributed by atoms with E-state index in [2.05, 4.69) is 10.1 Å². The first kappa shape index (κ1) is 16.3. The van der Waals surface area contributed by atoms with Crippen LogP contribution in [0.3, 0.4) is 0 Å². The van der Waals surface area contributed by atoms with E-state index in [4.69, 9.17) is 4.55 Å². The van der Waals surface area contributed by atoms with E-state index in [-0.39, 0.29) is 18.1 Å². The van der Waals surface area contributed by atoms with Gasteiger partial charge in [-0.3, -0.25) is 9.35 Å². The molecule has 0 rings (SSSR count). The van der Waals surface area contributed by atoms with Crippen LogP contribution in [0.2, 0.25) is 0 Å². The second kappa shape index (κ2) is 7.62. The number of esters is 1. The molecule has 0 heterocycles. The number of rotatable bonds is 8. The van der Waals surface area contributed by atoms with Gasteiger partial charge in [0.25, 0.3) is 10.1 Å². The largest absolute Gasteiger partial charge is 0.468 e. The van der Waals surface area contributed by atoms with Gasteiger partial charge < -0.3 is 10.1 Å². The molecule has 0 aromatic heterocycles. The first-order valence-electron chi connectivity index (χ1n) is 5.52. The third-order valence-corrected chi connectivity index (χ3v) is 2.97. The standard InChI is InChI=1S/C10H21NO5S/c1-8(2)7-9(10(12)16-3)11-5-4-6-17(13,14)15/h8-9,11H,4-7H2,1-3H3,(H,13,14,15). The van der Waals surface area contributed by atoms with Crippen LogP contribution in [-0.2, 0) is 19.6 Å². The SMILES string of the molecule is COC(=O)C(CC(C)C)NCCCS(=O)(=O)O. The van der Waals surface area contributed by atoms with E-state index in [1.165, 1.54) is 7.11 Å². The van der Waals surface area contributed by atoms with Crippen LogP contribution >= 0.6 is 0 Å². The molecule has 0 aromatic carbocycles. The number of carbonyl (C=O) groups is 1. The average Bonchev–Trinajstić information content (AvgIpc) is 2.19. The molecule has 0 aliphatic heterocycles. The Labute approximate surface area is 102 Å². The Morgan fingerprint density at radius 3 is 2.41 bits per heavy atom. The summed E-state index contributed by atoms with van der Waals surface area (Å²) in [6.07, 6.45) is 0.878. The van der Waals surface area contributed by atoms with Crippen molar-refractivity contribution in [1.29, 1.82) is 0 Å². The van der Waals surface area contributed by atoms with Crippen LogP contribution in [-0.4, -0.2) is 44.4 Å². The molecule has 102 valence electrons. The Morgan fingerprint density at radius 1 is 1.41 bits per heavy atom. The minimum Gasteiger partial charge on any atom is -0.468 e. The highest BCUT2D eigenvalue weighted by atomic mass is 32.2. The maximum absolute atomic E-state index is 11.4. The van der Waals surface area contributed by atoms with Crippen molar-refractivity contribution in [3.8, 4) is 0 Å². The van der Waals surface area contributed by atoms with Crippen LogP contribution in [0.25, 0.3) is 0 Å². The maximum atomic E-state index is 11.4. The normalized spacial score (nSPS) is 13.7. The van der Waals surface area contributed by atoms with Gasteiger partial charge in [0, 0.05) is 0 Å². The molecule has 0 fully saturated rings. The van der Waals surface area contributed by atoms with Crippen LogP contribution in [0.5, 0.6) is 0 Å². The first-order valence-corrected chi connectivity index (χ1v) is 7.13. The lowest BCUT2D eigenvalue weighted by Crippen LogP contribution is -2.39. The van der Waals surface area contributed by atoms with Gasteiger partial charge in [-0.05, 0) is 25.3 Å². The lowest BCUT2D eigenvalue weighted by atomic mass is 10.0. The second-order valence-corrected chi connectivity index (χ2v) is 5.87.